The first-order valence-corrected chi connectivity index (χ1v) is 31.7. The topological polar surface area (TPSA) is 159 Å². The molecule has 0 bridgehead atoms. The monoisotopic (exact) mass is 1270 g/mol. The fourth-order valence-electron chi connectivity index (χ4n) is 8.89. The molecule has 0 amide bonds. The van der Waals surface area contributed by atoms with Gasteiger partial charge >= 0.3 is 0 Å². The summed E-state index contributed by atoms with van der Waals surface area (Å²) in [7, 11) is -0.450. The van der Waals surface area contributed by atoms with E-state index in [4.69, 9.17) is 18.6 Å². The van der Waals surface area contributed by atoms with Crippen molar-refractivity contribution in [1.29, 1.82) is 0 Å². The average Bonchev–Trinajstić information content (AvgIpc) is 3.45. The molecule has 0 aliphatic carbocycles. The van der Waals surface area contributed by atoms with Gasteiger partial charge in [-0.2, -0.15) is 0 Å². The number of ether oxygens (including phenoxy) is 3. The van der Waals surface area contributed by atoms with Crippen LogP contribution < -0.4 is 41.3 Å². The van der Waals surface area contributed by atoms with E-state index >= 15 is 0 Å². The lowest BCUT2D eigenvalue weighted by molar-refractivity contribution is 0.176. The Morgan fingerprint density at radius 3 is 1.60 bits per heavy atom. The normalized spacial score (nSPS) is 12.4. The van der Waals surface area contributed by atoms with Gasteiger partial charge in [0.25, 0.3) is 0 Å². The number of halogens is 2. The van der Waals surface area contributed by atoms with Gasteiger partial charge in [0.1, 0.15) is 30.5 Å². The van der Waals surface area contributed by atoms with Gasteiger partial charge in [-0.1, -0.05) is 118 Å². The molecule has 7 aromatic carbocycles. The third-order valence-corrected chi connectivity index (χ3v) is 20.2. The number of aromatic nitrogens is 2. The van der Waals surface area contributed by atoms with E-state index in [2.05, 4.69) is 153 Å². The van der Waals surface area contributed by atoms with E-state index in [1.807, 2.05) is 97.1 Å². The van der Waals surface area contributed by atoms with Gasteiger partial charge in [0.05, 0.1) is 34.8 Å². The van der Waals surface area contributed by atoms with Crippen LogP contribution in [0.5, 0.6) is 17.2 Å². The van der Waals surface area contributed by atoms with Crippen LogP contribution in [0, 0.1) is 3.57 Å². The fraction of sp³-hybridized carbons (Fsp3) is 0.262. The first-order valence-electron chi connectivity index (χ1n) is 26.9. The number of pyridine rings is 2. The van der Waals surface area contributed by atoms with Gasteiger partial charge in [-0.15, -0.1) is 0 Å². The minimum absolute atomic E-state index is 0.0648. The minimum Gasteiger partial charge on any atom is -0.496 e. The standard InChI is InChI=1S/C33H32BrN3O4.C32H39IN2O3Si/c1-40-30-14-11-25(19-28(30)34)36-24-9-7-22(8-10-24)17-18-35-20-29(38)26-12-15-31(33-27(26)13-16-32(39)37-33)41-21-23-5-3-2-4-6-23;1-32(2,3)39(4,5)38-29(21-34-20-19-23-11-13-25(33)14-12-23)26-15-17-28(31-27(26)16-18-30(36)35-31)37-22-24-9-7-6-8-10-24/h2-16,19,29,35-36,38H,17-18,20-21H2,1H3,(H,37,39);6-18,29,34H,19-22H2,1-5H3,(H,35,36)/t2*29-/m00/s1. The molecule has 0 radical (unpaired) electrons. The number of anilines is 2. The lowest BCUT2D eigenvalue weighted by atomic mass is 10.0. The van der Waals surface area contributed by atoms with Crippen LogP contribution in [0.2, 0.25) is 18.1 Å². The highest BCUT2D eigenvalue weighted by Crippen LogP contribution is 2.41. The van der Waals surface area contributed by atoms with Gasteiger partial charge in [-0.05, 0) is 183 Å². The molecule has 2 heterocycles. The summed E-state index contributed by atoms with van der Waals surface area (Å²) >= 11 is 5.85. The van der Waals surface area contributed by atoms with E-state index in [0.29, 0.717) is 55.4 Å². The SMILES string of the molecule is CC(C)(C)[Si](C)(C)O[C@@H](CNCCc1ccc(I)cc1)c1ccc(OCc2ccccc2)c2[nH]c(=O)ccc12.COc1ccc(Nc2ccc(CCNC[C@H](O)c3ccc(OCc4ccccc4)c4[nH]c(=O)ccc34)cc2)cc1Br. The van der Waals surface area contributed by atoms with Crippen LogP contribution in [-0.4, -0.2) is 56.7 Å². The van der Waals surface area contributed by atoms with E-state index < -0.39 is 14.4 Å². The maximum atomic E-state index is 12.4. The Bertz CT molecular complexity index is 3560. The number of methoxy groups -OCH3 is 1. The first-order chi connectivity index (χ1) is 38.5. The van der Waals surface area contributed by atoms with Gasteiger partial charge in [-0.25, -0.2) is 0 Å². The first kappa shape index (κ1) is 59.5. The quantitative estimate of drug-likeness (QED) is 0.0207. The summed E-state index contributed by atoms with van der Waals surface area (Å²) in [6.45, 7) is 14.8. The maximum absolute atomic E-state index is 12.4. The second-order valence-corrected chi connectivity index (χ2v) is 28.0. The third kappa shape index (κ3) is 16.5. The Balaban J connectivity index is 0.000000211. The van der Waals surface area contributed by atoms with E-state index in [1.54, 1.807) is 25.3 Å². The molecule has 9 rings (SSSR count). The Labute approximate surface area is 492 Å². The highest BCUT2D eigenvalue weighted by Gasteiger charge is 2.40. The lowest BCUT2D eigenvalue weighted by Crippen LogP contribution is -2.43. The number of aromatic amines is 2. The molecule has 9 aromatic rings. The van der Waals surface area contributed by atoms with Crippen LogP contribution in [0.15, 0.2) is 190 Å². The minimum atomic E-state index is -2.10. The van der Waals surface area contributed by atoms with Crippen LogP contribution in [0.4, 0.5) is 11.4 Å². The number of hydrogen-bond acceptors (Lipinski definition) is 10. The molecular weight excluding hydrogens is 1200 g/mol. The molecule has 0 spiro atoms. The van der Waals surface area contributed by atoms with Crippen molar-refractivity contribution in [1.82, 2.24) is 20.6 Å². The number of hydrogen-bond donors (Lipinski definition) is 6. The molecule has 6 N–H and O–H groups in total. The van der Waals surface area contributed by atoms with Crippen molar-refractivity contribution in [3.8, 4) is 17.2 Å². The number of H-pyrrole nitrogens is 2. The smallest absolute Gasteiger partial charge is 0.248 e. The van der Waals surface area contributed by atoms with E-state index in [-0.39, 0.29) is 22.3 Å². The molecular formula is C65H71BrIN5O7Si. The van der Waals surface area contributed by atoms with Crippen molar-refractivity contribution >= 4 is 80.0 Å². The van der Waals surface area contributed by atoms with Gasteiger partial charge in [0.2, 0.25) is 11.1 Å². The molecule has 80 heavy (non-hydrogen) atoms. The highest BCUT2D eigenvalue weighted by molar-refractivity contribution is 14.1. The molecule has 0 aliphatic heterocycles. The number of fused-ring (bicyclic) bond motifs is 2. The largest absolute Gasteiger partial charge is 0.496 e. The van der Waals surface area contributed by atoms with E-state index in [9.17, 15) is 14.7 Å². The molecule has 12 nitrogen and oxygen atoms in total. The van der Waals surface area contributed by atoms with Crippen molar-refractivity contribution < 1.29 is 23.7 Å². The maximum Gasteiger partial charge on any atom is 0.248 e. The summed E-state index contributed by atoms with van der Waals surface area (Å²) in [5.41, 5.74) is 9.28. The average molecular weight is 1270 g/mol. The number of aliphatic hydroxyl groups is 1. The van der Waals surface area contributed by atoms with Crippen molar-refractivity contribution in [3.63, 3.8) is 0 Å². The molecule has 416 valence electrons. The zero-order chi connectivity index (χ0) is 56.7. The van der Waals surface area contributed by atoms with Crippen LogP contribution in [0.1, 0.15) is 66.4 Å². The van der Waals surface area contributed by atoms with Crippen molar-refractivity contribution in [3.05, 3.63) is 238 Å². The third-order valence-electron chi connectivity index (χ3n) is 14.4. The zero-order valence-electron chi connectivity index (χ0n) is 46.2. The summed E-state index contributed by atoms with van der Waals surface area (Å²) in [6, 6.07) is 57.1. The van der Waals surface area contributed by atoms with Crippen LogP contribution in [0.3, 0.4) is 0 Å². The molecule has 2 aromatic heterocycles. The molecule has 0 aliphatic rings. The molecule has 0 unspecified atom stereocenters. The molecule has 2 atom stereocenters. The fourth-order valence-corrected chi connectivity index (χ4v) is 11.1. The summed E-state index contributed by atoms with van der Waals surface area (Å²) in [4.78, 5) is 30.4. The van der Waals surface area contributed by atoms with Gasteiger partial charge < -0.3 is 49.7 Å². The molecule has 0 saturated heterocycles. The number of nitrogens with one attached hydrogen (secondary N) is 5. The predicted octanol–water partition coefficient (Wildman–Crippen LogP) is 14.1. The summed E-state index contributed by atoms with van der Waals surface area (Å²) in [6.07, 6.45) is 0.854. The lowest BCUT2D eigenvalue weighted by Gasteiger charge is -2.39. The van der Waals surface area contributed by atoms with Gasteiger partial charge in [0, 0.05) is 50.9 Å². The Kier molecular flexibility index (Phi) is 21.0. The summed E-state index contributed by atoms with van der Waals surface area (Å²) < 4.78 is 26.6. The van der Waals surface area contributed by atoms with Crippen LogP contribution in [0.25, 0.3) is 21.8 Å². The highest BCUT2D eigenvalue weighted by atomic mass is 127. The van der Waals surface area contributed by atoms with Gasteiger partial charge in [0.15, 0.2) is 8.32 Å². The molecule has 15 heteroatoms. The Hall–Kier alpha value is -6.57. The van der Waals surface area contributed by atoms with Crippen LogP contribution >= 0.6 is 38.5 Å². The number of benzene rings is 7. The Morgan fingerprint density at radius 2 is 1.07 bits per heavy atom. The summed E-state index contributed by atoms with van der Waals surface area (Å²) in [5.74, 6) is 2.02. The summed E-state index contributed by atoms with van der Waals surface area (Å²) in [5, 5.41) is 23.2. The zero-order valence-corrected chi connectivity index (χ0v) is 51.0. The van der Waals surface area contributed by atoms with Gasteiger partial charge in [-0.3, -0.25) is 9.59 Å². The Morgan fingerprint density at radius 1 is 0.588 bits per heavy atom. The molecule has 0 saturated carbocycles. The van der Waals surface area contributed by atoms with Crippen molar-refractivity contribution in [2.75, 3.05) is 38.6 Å². The second-order valence-electron chi connectivity index (χ2n) is 21.2. The van der Waals surface area contributed by atoms with Crippen molar-refractivity contribution in [2.24, 2.45) is 0 Å². The second kappa shape index (κ2) is 28.2. The van der Waals surface area contributed by atoms with Crippen LogP contribution in [-0.2, 0) is 30.5 Å². The van der Waals surface area contributed by atoms with Crippen molar-refractivity contribution in [2.45, 2.75) is 77.2 Å². The predicted molar refractivity (Wildman–Crippen MR) is 339 cm³/mol. The molecule has 0 fully saturated rings. The van der Waals surface area contributed by atoms with E-state index in [1.165, 1.54) is 20.8 Å². The number of aliphatic hydroxyl groups excluding tert-OH is 1. The number of rotatable bonds is 23. The van der Waals surface area contributed by atoms with E-state index in [0.717, 1.165) is 74.0 Å².